The van der Waals surface area contributed by atoms with Crippen molar-refractivity contribution < 1.29 is 9.53 Å². The van der Waals surface area contributed by atoms with Gasteiger partial charge in [-0.1, -0.05) is 6.92 Å². The van der Waals surface area contributed by atoms with E-state index in [2.05, 4.69) is 21.7 Å². The van der Waals surface area contributed by atoms with Crippen molar-refractivity contribution in [1.82, 2.24) is 14.8 Å². The van der Waals surface area contributed by atoms with Crippen LogP contribution < -0.4 is 4.74 Å². The normalized spacial score (nSPS) is 20.3. The Morgan fingerprint density at radius 1 is 1.25 bits per heavy atom. The SMILES string of the molecule is CCN1CCN(C(=O)C2(c3c[nH]c4ccc(OC)cc34)CC2)CC1. The number of nitrogens with one attached hydrogen (secondary N) is 1. The molecule has 2 fully saturated rings. The first kappa shape index (κ1) is 15.5. The molecule has 1 amide bonds. The lowest BCUT2D eigenvalue weighted by atomic mass is 9.93. The summed E-state index contributed by atoms with van der Waals surface area (Å²) in [7, 11) is 1.68. The van der Waals surface area contributed by atoms with Gasteiger partial charge in [0.15, 0.2) is 0 Å². The maximum absolute atomic E-state index is 13.2. The summed E-state index contributed by atoms with van der Waals surface area (Å²) in [5, 5.41) is 1.12. The van der Waals surface area contributed by atoms with E-state index in [0.29, 0.717) is 5.91 Å². The van der Waals surface area contributed by atoms with Gasteiger partial charge in [0, 0.05) is 43.3 Å². The number of likely N-dealkylation sites (N-methyl/N-ethyl adjacent to an activating group) is 1. The molecule has 1 saturated heterocycles. The van der Waals surface area contributed by atoms with Crippen molar-refractivity contribution in [2.24, 2.45) is 0 Å². The van der Waals surface area contributed by atoms with E-state index < -0.39 is 0 Å². The van der Waals surface area contributed by atoms with E-state index in [1.807, 2.05) is 24.4 Å². The van der Waals surface area contributed by atoms with Crippen molar-refractivity contribution in [2.45, 2.75) is 25.2 Å². The zero-order chi connectivity index (χ0) is 16.7. The first-order chi connectivity index (χ1) is 11.7. The average molecular weight is 327 g/mol. The van der Waals surface area contributed by atoms with Gasteiger partial charge in [-0.3, -0.25) is 4.79 Å². The monoisotopic (exact) mass is 327 g/mol. The van der Waals surface area contributed by atoms with E-state index in [1.54, 1.807) is 7.11 Å². The maximum Gasteiger partial charge on any atom is 0.233 e. The van der Waals surface area contributed by atoms with Crippen LogP contribution in [0.5, 0.6) is 5.75 Å². The third-order valence-electron chi connectivity index (χ3n) is 5.67. The van der Waals surface area contributed by atoms with Crippen LogP contribution in [0.4, 0.5) is 0 Å². The van der Waals surface area contributed by atoms with Gasteiger partial charge in [0.1, 0.15) is 5.75 Å². The van der Waals surface area contributed by atoms with Crippen LogP contribution in [0.15, 0.2) is 24.4 Å². The standard InChI is InChI=1S/C19H25N3O2/c1-3-21-8-10-22(11-9-21)18(23)19(6-7-19)16-13-20-17-5-4-14(24-2)12-15(16)17/h4-5,12-13,20H,3,6-11H2,1-2H3. The van der Waals surface area contributed by atoms with Gasteiger partial charge >= 0.3 is 0 Å². The lowest BCUT2D eigenvalue weighted by Crippen LogP contribution is -2.51. The van der Waals surface area contributed by atoms with Crippen molar-refractivity contribution in [2.75, 3.05) is 39.8 Å². The largest absolute Gasteiger partial charge is 0.497 e. The van der Waals surface area contributed by atoms with Crippen LogP contribution in [0.25, 0.3) is 10.9 Å². The fourth-order valence-electron chi connectivity index (χ4n) is 3.92. The Labute approximate surface area is 142 Å². The molecule has 0 atom stereocenters. The third kappa shape index (κ3) is 2.38. The molecule has 2 heterocycles. The van der Waals surface area contributed by atoms with Gasteiger partial charge in [-0.15, -0.1) is 0 Å². The first-order valence-electron chi connectivity index (χ1n) is 8.85. The zero-order valence-electron chi connectivity index (χ0n) is 14.5. The van der Waals surface area contributed by atoms with E-state index in [1.165, 1.54) is 0 Å². The van der Waals surface area contributed by atoms with E-state index >= 15 is 0 Å². The molecule has 1 N–H and O–H groups in total. The van der Waals surface area contributed by atoms with Gasteiger partial charge in [-0.25, -0.2) is 0 Å². The van der Waals surface area contributed by atoms with Gasteiger partial charge in [0.25, 0.3) is 0 Å². The number of rotatable bonds is 4. The van der Waals surface area contributed by atoms with E-state index in [0.717, 1.165) is 67.8 Å². The molecule has 1 saturated carbocycles. The topological polar surface area (TPSA) is 48.6 Å². The molecule has 0 unspecified atom stereocenters. The number of hydrogen-bond donors (Lipinski definition) is 1. The van der Waals surface area contributed by atoms with Crippen LogP contribution in [0.2, 0.25) is 0 Å². The summed E-state index contributed by atoms with van der Waals surface area (Å²) < 4.78 is 5.37. The Morgan fingerprint density at radius 3 is 2.62 bits per heavy atom. The summed E-state index contributed by atoms with van der Waals surface area (Å²) in [6.45, 7) is 6.91. The number of piperazine rings is 1. The predicted molar refractivity (Wildman–Crippen MR) is 94.5 cm³/mol. The van der Waals surface area contributed by atoms with Gasteiger partial charge in [-0.2, -0.15) is 0 Å². The maximum atomic E-state index is 13.2. The van der Waals surface area contributed by atoms with Crippen LogP contribution in [-0.2, 0) is 10.2 Å². The minimum absolute atomic E-state index is 0.307. The molecule has 2 aliphatic rings. The van der Waals surface area contributed by atoms with Crippen LogP contribution in [0.3, 0.4) is 0 Å². The lowest BCUT2D eigenvalue weighted by molar-refractivity contribution is -0.135. The van der Waals surface area contributed by atoms with E-state index in [4.69, 9.17) is 4.74 Å². The number of methoxy groups -OCH3 is 1. The molecule has 24 heavy (non-hydrogen) atoms. The highest BCUT2D eigenvalue weighted by atomic mass is 16.5. The minimum atomic E-state index is -0.320. The highest BCUT2D eigenvalue weighted by Crippen LogP contribution is 2.52. The number of nitrogens with zero attached hydrogens (tertiary/aromatic N) is 2. The second-order valence-corrected chi connectivity index (χ2v) is 6.92. The number of carbonyl (C=O) groups excluding carboxylic acids is 1. The number of aromatic amines is 1. The Balaban J connectivity index is 1.62. The average Bonchev–Trinajstić information content (AvgIpc) is 3.33. The van der Waals surface area contributed by atoms with Crippen molar-refractivity contribution in [3.8, 4) is 5.75 Å². The van der Waals surface area contributed by atoms with Gasteiger partial charge in [0.05, 0.1) is 12.5 Å². The van der Waals surface area contributed by atoms with Crippen molar-refractivity contribution in [3.63, 3.8) is 0 Å². The number of H-pyrrole nitrogens is 1. The van der Waals surface area contributed by atoms with Crippen LogP contribution in [-0.4, -0.2) is 60.5 Å². The van der Waals surface area contributed by atoms with Gasteiger partial charge in [-0.05, 0) is 43.1 Å². The molecule has 1 aliphatic carbocycles. The Bertz CT molecular complexity index is 755. The number of amides is 1. The number of benzene rings is 1. The Hall–Kier alpha value is -2.01. The number of aromatic nitrogens is 1. The molecule has 4 rings (SSSR count). The minimum Gasteiger partial charge on any atom is -0.497 e. The summed E-state index contributed by atoms with van der Waals surface area (Å²) >= 11 is 0. The molecule has 0 bridgehead atoms. The molecule has 1 aromatic carbocycles. The number of carbonyl (C=O) groups is 1. The molecule has 128 valence electrons. The van der Waals surface area contributed by atoms with Gasteiger partial charge < -0.3 is 19.5 Å². The van der Waals surface area contributed by atoms with Crippen LogP contribution >= 0.6 is 0 Å². The predicted octanol–water partition coefficient (Wildman–Crippen LogP) is 2.37. The van der Waals surface area contributed by atoms with Crippen molar-refractivity contribution >= 4 is 16.8 Å². The lowest BCUT2D eigenvalue weighted by Gasteiger charge is -2.36. The van der Waals surface area contributed by atoms with Crippen molar-refractivity contribution in [1.29, 1.82) is 0 Å². The summed E-state index contributed by atoms with van der Waals surface area (Å²) in [6.07, 6.45) is 3.92. The van der Waals surface area contributed by atoms with E-state index in [-0.39, 0.29) is 5.41 Å². The molecule has 2 aromatic rings. The number of hydrogen-bond acceptors (Lipinski definition) is 3. The van der Waals surface area contributed by atoms with Crippen LogP contribution in [0, 0.1) is 0 Å². The second-order valence-electron chi connectivity index (χ2n) is 6.92. The highest BCUT2D eigenvalue weighted by molar-refractivity contribution is 5.98. The smallest absolute Gasteiger partial charge is 0.233 e. The highest BCUT2D eigenvalue weighted by Gasteiger charge is 2.54. The molecular formula is C19H25N3O2. The summed E-state index contributed by atoms with van der Waals surface area (Å²) in [4.78, 5) is 21.0. The quantitative estimate of drug-likeness (QED) is 0.938. The molecule has 1 aromatic heterocycles. The third-order valence-corrected chi connectivity index (χ3v) is 5.67. The summed E-state index contributed by atoms with van der Waals surface area (Å²) in [5.74, 6) is 1.14. The van der Waals surface area contributed by atoms with E-state index in [9.17, 15) is 4.79 Å². The van der Waals surface area contributed by atoms with Crippen LogP contribution in [0.1, 0.15) is 25.3 Å². The second kappa shape index (κ2) is 5.81. The molecule has 5 heteroatoms. The molecule has 0 radical (unpaired) electrons. The Morgan fingerprint density at radius 2 is 2.00 bits per heavy atom. The molecule has 1 aliphatic heterocycles. The van der Waals surface area contributed by atoms with Crippen molar-refractivity contribution in [3.05, 3.63) is 30.0 Å². The zero-order valence-corrected chi connectivity index (χ0v) is 14.5. The fraction of sp³-hybridized carbons (Fsp3) is 0.526. The number of fused-ring (bicyclic) bond motifs is 1. The molecular weight excluding hydrogens is 302 g/mol. The first-order valence-corrected chi connectivity index (χ1v) is 8.85. The summed E-state index contributed by atoms with van der Waals surface area (Å²) in [6, 6.07) is 6.02. The summed E-state index contributed by atoms with van der Waals surface area (Å²) in [5.41, 5.74) is 1.89. The fourth-order valence-corrected chi connectivity index (χ4v) is 3.92. The van der Waals surface area contributed by atoms with Gasteiger partial charge in [0.2, 0.25) is 5.91 Å². The Kier molecular flexibility index (Phi) is 3.76. The molecule has 0 spiro atoms. The number of ether oxygens (including phenoxy) is 1. The molecule has 5 nitrogen and oxygen atoms in total.